The van der Waals surface area contributed by atoms with Gasteiger partial charge in [-0.3, -0.25) is 0 Å². The number of rotatable bonds is 4. The number of nitrogens with zero attached hydrogens (tertiary/aromatic N) is 3. The lowest BCUT2D eigenvalue weighted by molar-refractivity contribution is 0.172. The van der Waals surface area contributed by atoms with Crippen molar-refractivity contribution in [1.82, 2.24) is 20.2 Å². The van der Waals surface area contributed by atoms with Crippen LogP contribution in [0.5, 0.6) is 0 Å². The first-order valence-electron chi connectivity index (χ1n) is 10.4. The van der Waals surface area contributed by atoms with Crippen LogP contribution in [0.1, 0.15) is 24.0 Å². The van der Waals surface area contributed by atoms with E-state index in [-0.39, 0.29) is 11.1 Å². The van der Waals surface area contributed by atoms with E-state index in [4.69, 9.17) is 11.6 Å². The molecule has 2 amide bonds. The number of carbonyl (C=O) groups excluding carboxylic acids is 1. The Hall–Kier alpha value is -2.93. The third-order valence-corrected chi connectivity index (χ3v) is 6.19. The second kappa shape index (κ2) is 9.06. The first kappa shape index (κ1) is 21.3. The van der Waals surface area contributed by atoms with Gasteiger partial charge in [-0.05, 0) is 73.6 Å². The number of anilines is 2. The molecule has 0 bridgehead atoms. The van der Waals surface area contributed by atoms with E-state index >= 15 is 0 Å². The van der Waals surface area contributed by atoms with E-state index in [1.165, 1.54) is 23.5 Å². The Morgan fingerprint density at radius 2 is 2.00 bits per heavy atom. The van der Waals surface area contributed by atoms with Crippen LogP contribution in [0, 0.1) is 18.7 Å². The number of piperidine rings is 1. The van der Waals surface area contributed by atoms with Gasteiger partial charge in [-0.15, -0.1) is 0 Å². The molecule has 8 heteroatoms. The number of urea groups is 1. The van der Waals surface area contributed by atoms with Crippen molar-refractivity contribution >= 4 is 40.0 Å². The number of nitrogens with one attached hydrogen (secondary N) is 2. The average molecular weight is 442 g/mol. The van der Waals surface area contributed by atoms with Crippen molar-refractivity contribution < 1.29 is 9.18 Å². The van der Waals surface area contributed by atoms with Gasteiger partial charge in [0.2, 0.25) is 0 Å². The molecule has 1 aliphatic rings. The summed E-state index contributed by atoms with van der Waals surface area (Å²) in [6, 6.07) is 8.71. The summed E-state index contributed by atoms with van der Waals surface area (Å²) in [6.07, 6.45) is 4.42. The molecule has 1 fully saturated rings. The number of amides is 2. The minimum absolute atomic E-state index is 0.00547. The highest BCUT2D eigenvalue weighted by Crippen LogP contribution is 2.30. The van der Waals surface area contributed by atoms with Gasteiger partial charge < -0.3 is 15.5 Å². The molecular weight excluding hydrogens is 417 g/mol. The fraction of sp³-hybridized carbons (Fsp3) is 0.348. The molecule has 4 rings (SSSR count). The van der Waals surface area contributed by atoms with Crippen molar-refractivity contribution in [3.05, 3.63) is 58.6 Å². The molecule has 0 unspecified atom stereocenters. The van der Waals surface area contributed by atoms with Gasteiger partial charge in [-0.1, -0.05) is 11.6 Å². The number of halogens is 2. The van der Waals surface area contributed by atoms with Crippen LogP contribution in [-0.4, -0.2) is 41.0 Å². The molecule has 0 saturated carbocycles. The molecular formula is C23H25ClFN5O. The number of aromatic nitrogens is 2. The van der Waals surface area contributed by atoms with Crippen LogP contribution < -0.4 is 10.6 Å². The van der Waals surface area contributed by atoms with E-state index in [9.17, 15) is 9.18 Å². The molecule has 3 aromatic rings. The van der Waals surface area contributed by atoms with Gasteiger partial charge in [0.05, 0.1) is 10.5 Å². The fourth-order valence-corrected chi connectivity index (χ4v) is 4.27. The second-order valence-corrected chi connectivity index (χ2v) is 8.37. The molecule has 0 atom stereocenters. The Morgan fingerprint density at radius 3 is 2.71 bits per heavy atom. The predicted octanol–water partition coefficient (Wildman–Crippen LogP) is 5.07. The van der Waals surface area contributed by atoms with Crippen molar-refractivity contribution in [1.29, 1.82) is 0 Å². The van der Waals surface area contributed by atoms with Crippen LogP contribution in [0.25, 0.3) is 10.9 Å². The molecule has 2 N–H and O–H groups in total. The van der Waals surface area contributed by atoms with Gasteiger partial charge in [-0.25, -0.2) is 19.2 Å². The normalized spacial score (nSPS) is 14.6. The van der Waals surface area contributed by atoms with E-state index < -0.39 is 5.82 Å². The number of aryl methyl sites for hydroxylation is 1. The van der Waals surface area contributed by atoms with E-state index in [0.717, 1.165) is 43.3 Å². The van der Waals surface area contributed by atoms with Crippen molar-refractivity contribution in [2.75, 3.05) is 25.5 Å². The summed E-state index contributed by atoms with van der Waals surface area (Å²) in [6.45, 7) is 3.65. The van der Waals surface area contributed by atoms with Crippen molar-refractivity contribution in [3.63, 3.8) is 0 Å². The minimum Gasteiger partial charge on any atom is -0.341 e. The number of carbonyl (C=O) groups is 1. The van der Waals surface area contributed by atoms with Crippen LogP contribution in [-0.2, 0) is 6.42 Å². The Labute approximate surface area is 185 Å². The maximum absolute atomic E-state index is 13.5. The topological polar surface area (TPSA) is 70.2 Å². The largest absolute Gasteiger partial charge is 0.341 e. The average Bonchev–Trinajstić information content (AvgIpc) is 2.77. The van der Waals surface area contributed by atoms with E-state index in [2.05, 4.69) is 39.7 Å². The zero-order chi connectivity index (χ0) is 22.0. The Balaban J connectivity index is 1.56. The summed E-state index contributed by atoms with van der Waals surface area (Å²) < 4.78 is 13.5. The van der Waals surface area contributed by atoms with Crippen LogP contribution in [0.2, 0.25) is 5.02 Å². The number of hydrogen-bond acceptors (Lipinski definition) is 4. The van der Waals surface area contributed by atoms with Crippen molar-refractivity contribution in [2.45, 2.75) is 26.2 Å². The monoisotopic (exact) mass is 441 g/mol. The highest BCUT2D eigenvalue weighted by Gasteiger charge is 2.23. The van der Waals surface area contributed by atoms with Gasteiger partial charge in [-0.2, -0.15) is 0 Å². The third kappa shape index (κ3) is 4.71. The number of likely N-dealkylation sites (tertiary alicyclic amines) is 1. The zero-order valence-electron chi connectivity index (χ0n) is 17.6. The SMILES string of the molecule is CNC(=O)N1CCC(Cc2cc3c(Nc4ccc(F)c(Cl)c4)ncnc3cc2C)CC1. The number of fused-ring (bicyclic) bond motifs is 1. The summed E-state index contributed by atoms with van der Waals surface area (Å²) in [7, 11) is 1.67. The quantitative estimate of drug-likeness (QED) is 0.593. The summed E-state index contributed by atoms with van der Waals surface area (Å²) in [5, 5.41) is 6.90. The first-order chi connectivity index (χ1) is 14.9. The Morgan fingerprint density at radius 1 is 1.23 bits per heavy atom. The summed E-state index contributed by atoms with van der Waals surface area (Å²) >= 11 is 5.92. The zero-order valence-corrected chi connectivity index (χ0v) is 18.3. The molecule has 31 heavy (non-hydrogen) atoms. The molecule has 1 aromatic heterocycles. The van der Waals surface area contributed by atoms with E-state index in [1.807, 2.05) is 4.90 Å². The van der Waals surface area contributed by atoms with Crippen molar-refractivity contribution in [3.8, 4) is 0 Å². The maximum atomic E-state index is 13.5. The Kier molecular flexibility index (Phi) is 6.23. The fourth-order valence-electron chi connectivity index (χ4n) is 4.09. The van der Waals surface area contributed by atoms with Gasteiger partial charge in [0, 0.05) is 31.2 Å². The Bertz CT molecular complexity index is 1110. The van der Waals surface area contributed by atoms with Crippen molar-refractivity contribution in [2.24, 2.45) is 5.92 Å². The van der Waals surface area contributed by atoms with E-state index in [1.54, 1.807) is 19.2 Å². The molecule has 2 heterocycles. The first-order valence-corrected chi connectivity index (χ1v) is 10.8. The summed E-state index contributed by atoms with van der Waals surface area (Å²) in [5.74, 6) is 0.720. The standard InChI is InChI=1S/C23H25ClFN5O/c1-14-9-21-18(11-16(14)10-15-5-7-30(8-6-15)23(31)26-2)22(28-13-27-21)29-17-3-4-20(25)19(24)12-17/h3-4,9,11-13,15H,5-8,10H2,1-2H3,(H,26,31)(H,27,28,29). The molecule has 2 aromatic carbocycles. The lowest BCUT2D eigenvalue weighted by Gasteiger charge is -2.32. The van der Waals surface area contributed by atoms with Gasteiger partial charge in [0.25, 0.3) is 0 Å². The highest BCUT2D eigenvalue weighted by molar-refractivity contribution is 6.31. The van der Waals surface area contributed by atoms with Crippen LogP contribution >= 0.6 is 11.6 Å². The smallest absolute Gasteiger partial charge is 0.317 e. The van der Waals surface area contributed by atoms with Gasteiger partial charge in [0.1, 0.15) is 18.0 Å². The highest BCUT2D eigenvalue weighted by atomic mass is 35.5. The number of benzene rings is 2. The maximum Gasteiger partial charge on any atom is 0.317 e. The second-order valence-electron chi connectivity index (χ2n) is 7.96. The predicted molar refractivity (Wildman–Crippen MR) is 121 cm³/mol. The van der Waals surface area contributed by atoms with Crippen LogP contribution in [0.4, 0.5) is 20.7 Å². The summed E-state index contributed by atoms with van der Waals surface area (Å²) in [5.41, 5.74) is 3.95. The molecule has 0 spiro atoms. The molecule has 0 radical (unpaired) electrons. The lowest BCUT2D eigenvalue weighted by atomic mass is 9.88. The molecule has 6 nitrogen and oxygen atoms in total. The van der Waals surface area contributed by atoms with Gasteiger partial charge >= 0.3 is 6.03 Å². The van der Waals surface area contributed by atoms with Crippen LogP contribution in [0.15, 0.2) is 36.7 Å². The van der Waals surface area contributed by atoms with E-state index in [0.29, 0.717) is 17.4 Å². The molecule has 1 aliphatic heterocycles. The number of hydrogen-bond donors (Lipinski definition) is 2. The lowest BCUT2D eigenvalue weighted by Crippen LogP contribution is -2.43. The van der Waals surface area contributed by atoms with Gasteiger partial charge in [0.15, 0.2) is 0 Å². The van der Waals surface area contributed by atoms with Crippen LogP contribution in [0.3, 0.4) is 0 Å². The molecule has 162 valence electrons. The molecule has 1 saturated heterocycles. The third-order valence-electron chi connectivity index (χ3n) is 5.90. The molecule has 0 aliphatic carbocycles. The minimum atomic E-state index is -0.458. The summed E-state index contributed by atoms with van der Waals surface area (Å²) in [4.78, 5) is 22.5.